The minimum Gasteiger partial charge on any atom is -0.325 e. The fraction of sp³-hybridized carbons (Fsp3) is 0.200. The predicted octanol–water partition coefficient (Wildman–Crippen LogP) is 6.04. The molecule has 2 N–H and O–H groups in total. The quantitative estimate of drug-likeness (QED) is 0.262. The standard InChI is InChI=1S/C20H14F6N4O2S3/c21-19(22,23)11-1-5-13(6-2-11)27-15(31)9-33-17-29-30-18(35-17)34-10-16(32)28-14-7-3-12(4-8-14)20(24,25)26/h1-8H,9-10H2,(H,27,31)(H,28,32). The zero-order chi connectivity index (χ0) is 25.6. The van der Waals surface area contributed by atoms with E-state index >= 15 is 0 Å². The largest absolute Gasteiger partial charge is 0.416 e. The fourth-order valence-electron chi connectivity index (χ4n) is 2.45. The van der Waals surface area contributed by atoms with E-state index in [0.717, 1.165) is 83.4 Å². The second-order valence-corrected chi connectivity index (χ2v) is 10.1. The lowest BCUT2D eigenvalue weighted by molar-refractivity contribution is -0.138. The van der Waals surface area contributed by atoms with Crippen molar-refractivity contribution < 1.29 is 35.9 Å². The van der Waals surface area contributed by atoms with E-state index in [1.165, 1.54) is 0 Å². The minimum atomic E-state index is -4.46. The summed E-state index contributed by atoms with van der Waals surface area (Å²) in [5.41, 5.74) is -1.21. The van der Waals surface area contributed by atoms with Crippen molar-refractivity contribution in [3.05, 3.63) is 59.7 Å². The lowest BCUT2D eigenvalue weighted by Crippen LogP contribution is -2.14. The predicted molar refractivity (Wildman–Crippen MR) is 122 cm³/mol. The third-order valence-corrected chi connectivity index (χ3v) is 7.22. The highest BCUT2D eigenvalue weighted by Crippen LogP contribution is 2.32. The minimum absolute atomic E-state index is 0.0608. The van der Waals surface area contributed by atoms with Crippen molar-refractivity contribution in [1.82, 2.24) is 10.2 Å². The molecule has 15 heteroatoms. The number of nitrogens with zero attached hydrogens (tertiary/aromatic N) is 2. The summed E-state index contributed by atoms with van der Waals surface area (Å²) in [7, 11) is 0. The first-order valence-corrected chi connectivity index (χ1v) is 12.2. The Hall–Kier alpha value is -2.78. The lowest BCUT2D eigenvalue weighted by Gasteiger charge is -2.08. The van der Waals surface area contributed by atoms with E-state index in [0.29, 0.717) is 8.68 Å². The lowest BCUT2D eigenvalue weighted by atomic mass is 10.2. The average molecular weight is 553 g/mol. The molecule has 0 fully saturated rings. The van der Waals surface area contributed by atoms with Crippen LogP contribution in [0.4, 0.5) is 37.7 Å². The monoisotopic (exact) mass is 552 g/mol. The third kappa shape index (κ3) is 8.43. The number of benzene rings is 2. The molecule has 3 rings (SSSR count). The molecule has 35 heavy (non-hydrogen) atoms. The number of aromatic nitrogens is 2. The van der Waals surface area contributed by atoms with Crippen molar-refractivity contribution in [2.45, 2.75) is 21.0 Å². The fourth-order valence-corrected chi connectivity index (χ4v) is 5.07. The van der Waals surface area contributed by atoms with Crippen molar-refractivity contribution in [2.75, 3.05) is 22.1 Å². The number of nitrogens with one attached hydrogen (secondary N) is 2. The maximum atomic E-state index is 12.6. The number of amides is 2. The molecule has 2 amide bonds. The molecule has 186 valence electrons. The van der Waals surface area contributed by atoms with E-state index in [2.05, 4.69) is 20.8 Å². The maximum absolute atomic E-state index is 12.6. The number of rotatable bonds is 8. The molecule has 2 aromatic carbocycles. The summed E-state index contributed by atoms with van der Waals surface area (Å²) in [4.78, 5) is 24.0. The molecule has 1 aromatic heterocycles. The van der Waals surface area contributed by atoms with Crippen LogP contribution in [0.1, 0.15) is 11.1 Å². The van der Waals surface area contributed by atoms with E-state index in [4.69, 9.17) is 0 Å². The van der Waals surface area contributed by atoms with Crippen molar-refractivity contribution in [3.63, 3.8) is 0 Å². The van der Waals surface area contributed by atoms with Gasteiger partial charge in [-0.3, -0.25) is 9.59 Å². The first kappa shape index (κ1) is 26.8. The highest BCUT2D eigenvalue weighted by molar-refractivity contribution is 8.03. The molecule has 1 heterocycles. The van der Waals surface area contributed by atoms with Gasteiger partial charge in [0.25, 0.3) is 0 Å². The number of anilines is 2. The van der Waals surface area contributed by atoms with Gasteiger partial charge in [-0.25, -0.2) is 0 Å². The summed E-state index contributed by atoms with van der Waals surface area (Å²) < 4.78 is 76.4. The number of thioether (sulfide) groups is 2. The van der Waals surface area contributed by atoms with E-state index in [1.54, 1.807) is 0 Å². The van der Waals surface area contributed by atoms with Crippen LogP contribution in [0.15, 0.2) is 57.2 Å². The second-order valence-electron chi connectivity index (χ2n) is 6.66. The Kier molecular flexibility index (Phi) is 8.66. The molecule has 0 bridgehead atoms. The Morgan fingerprint density at radius 3 is 1.34 bits per heavy atom. The van der Waals surface area contributed by atoms with Crippen LogP contribution in [0.3, 0.4) is 0 Å². The number of carbonyl (C=O) groups is 2. The third-order valence-electron chi connectivity index (χ3n) is 4.03. The SMILES string of the molecule is O=C(CSc1nnc(SCC(=O)Nc2ccc(C(F)(F)F)cc2)s1)Nc1ccc(C(F)(F)F)cc1. The number of hydrogen-bond acceptors (Lipinski definition) is 7. The number of alkyl halides is 6. The summed E-state index contributed by atoms with van der Waals surface area (Å²) in [6, 6.07) is 8.08. The number of halogens is 6. The number of carbonyl (C=O) groups excluding carboxylic acids is 2. The van der Waals surface area contributed by atoms with Crippen molar-refractivity contribution in [1.29, 1.82) is 0 Å². The molecular formula is C20H14F6N4O2S3. The van der Waals surface area contributed by atoms with Gasteiger partial charge in [0.1, 0.15) is 0 Å². The Balaban J connectivity index is 1.41. The molecule has 0 atom stereocenters. The molecule has 0 saturated carbocycles. The van der Waals surface area contributed by atoms with Gasteiger partial charge in [-0.1, -0.05) is 34.9 Å². The Labute approximate surface area is 206 Å². The van der Waals surface area contributed by atoms with Crippen LogP contribution in [0.5, 0.6) is 0 Å². The molecule has 0 unspecified atom stereocenters. The van der Waals surface area contributed by atoms with Gasteiger partial charge in [-0.05, 0) is 48.5 Å². The van der Waals surface area contributed by atoms with E-state index < -0.39 is 35.3 Å². The number of hydrogen-bond donors (Lipinski definition) is 2. The molecule has 0 saturated heterocycles. The van der Waals surface area contributed by atoms with Gasteiger partial charge in [0.05, 0.1) is 22.6 Å². The first-order chi connectivity index (χ1) is 16.4. The summed E-state index contributed by atoms with van der Waals surface area (Å²) in [5, 5.41) is 12.8. The Bertz CT molecular complexity index is 1080. The van der Waals surface area contributed by atoms with Gasteiger partial charge in [0.2, 0.25) is 11.8 Å². The maximum Gasteiger partial charge on any atom is 0.416 e. The van der Waals surface area contributed by atoms with Crippen molar-refractivity contribution >= 4 is 58.0 Å². The van der Waals surface area contributed by atoms with Crippen LogP contribution in [-0.4, -0.2) is 33.5 Å². The summed E-state index contributed by atoms with van der Waals surface area (Å²) in [5.74, 6) is -1.02. The van der Waals surface area contributed by atoms with Crippen LogP contribution in [-0.2, 0) is 21.9 Å². The molecule has 0 radical (unpaired) electrons. The van der Waals surface area contributed by atoms with Gasteiger partial charge in [0.15, 0.2) is 8.68 Å². The Morgan fingerprint density at radius 1 is 0.686 bits per heavy atom. The van der Waals surface area contributed by atoms with Gasteiger partial charge in [0, 0.05) is 11.4 Å². The van der Waals surface area contributed by atoms with Crippen molar-refractivity contribution in [2.24, 2.45) is 0 Å². The van der Waals surface area contributed by atoms with Crippen LogP contribution in [0.25, 0.3) is 0 Å². The smallest absolute Gasteiger partial charge is 0.325 e. The topological polar surface area (TPSA) is 84.0 Å². The molecule has 0 aliphatic carbocycles. The highest BCUT2D eigenvalue weighted by atomic mass is 32.2. The molecule has 6 nitrogen and oxygen atoms in total. The van der Waals surface area contributed by atoms with Gasteiger partial charge in [-0.15, -0.1) is 10.2 Å². The molecule has 3 aromatic rings. The summed E-state index contributed by atoms with van der Waals surface area (Å²) >= 11 is 3.26. The van der Waals surface area contributed by atoms with E-state index in [1.807, 2.05) is 0 Å². The Morgan fingerprint density at radius 2 is 1.03 bits per heavy atom. The highest BCUT2D eigenvalue weighted by Gasteiger charge is 2.30. The van der Waals surface area contributed by atoms with Crippen LogP contribution in [0, 0.1) is 0 Å². The summed E-state index contributed by atoms with van der Waals surface area (Å²) in [6.07, 6.45) is -8.93. The van der Waals surface area contributed by atoms with Gasteiger partial charge < -0.3 is 10.6 Å². The molecule has 0 aliphatic rings. The molecule has 0 spiro atoms. The molecule has 0 aliphatic heterocycles. The van der Waals surface area contributed by atoms with E-state index in [9.17, 15) is 35.9 Å². The normalized spacial score (nSPS) is 11.8. The summed E-state index contributed by atoms with van der Waals surface area (Å²) in [6.45, 7) is 0. The molecular weight excluding hydrogens is 538 g/mol. The van der Waals surface area contributed by atoms with E-state index in [-0.39, 0.29) is 22.9 Å². The van der Waals surface area contributed by atoms with Crippen LogP contribution in [0.2, 0.25) is 0 Å². The zero-order valence-electron chi connectivity index (χ0n) is 17.2. The van der Waals surface area contributed by atoms with Crippen LogP contribution < -0.4 is 10.6 Å². The first-order valence-electron chi connectivity index (χ1n) is 9.43. The van der Waals surface area contributed by atoms with Crippen molar-refractivity contribution in [3.8, 4) is 0 Å². The zero-order valence-corrected chi connectivity index (χ0v) is 19.7. The average Bonchev–Trinajstić information content (AvgIpc) is 3.24. The van der Waals surface area contributed by atoms with Crippen LogP contribution >= 0.6 is 34.9 Å². The second kappa shape index (κ2) is 11.3. The van der Waals surface area contributed by atoms with Gasteiger partial charge in [-0.2, -0.15) is 26.3 Å². The van der Waals surface area contributed by atoms with Gasteiger partial charge >= 0.3 is 12.4 Å².